The molecule has 0 unspecified atom stereocenters. The first-order valence-electron chi connectivity index (χ1n) is 13.3. The van der Waals surface area contributed by atoms with Gasteiger partial charge in [-0.2, -0.15) is 0 Å². The van der Waals surface area contributed by atoms with E-state index in [1.807, 2.05) is 23.2 Å². The number of imide groups is 1. The first kappa shape index (κ1) is 24.0. The Morgan fingerprint density at radius 3 is 2.54 bits per heavy atom. The summed E-state index contributed by atoms with van der Waals surface area (Å²) in [5.74, 6) is 0.356. The molecule has 6 heteroatoms. The summed E-state index contributed by atoms with van der Waals surface area (Å²) in [6, 6.07) is 13.2. The summed E-state index contributed by atoms with van der Waals surface area (Å²) in [6.45, 7) is 7.14. The van der Waals surface area contributed by atoms with E-state index in [2.05, 4.69) is 48.0 Å². The zero-order valence-electron chi connectivity index (χ0n) is 21.2. The van der Waals surface area contributed by atoms with Gasteiger partial charge in [0.2, 0.25) is 0 Å². The molecule has 2 aliphatic heterocycles. The van der Waals surface area contributed by atoms with Crippen LogP contribution in [0.15, 0.2) is 48.8 Å². The lowest BCUT2D eigenvalue weighted by molar-refractivity contribution is -0.136. The molecule has 2 aromatic rings. The number of fused-ring (bicyclic) bond motifs is 1. The number of aryl methyl sites for hydroxylation is 2. The highest BCUT2D eigenvalue weighted by atomic mass is 16.2. The summed E-state index contributed by atoms with van der Waals surface area (Å²) >= 11 is 0. The van der Waals surface area contributed by atoms with Crippen molar-refractivity contribution in [2.45, 2.75) is 70.4 Å². The van der Waals surface area contributed by atoms with Crippen molar-refractivity contribution in [3.63, 3.8) is 0 Å². The highest BCUT2D eigenvalue weighted by Crippen LogP contribution is 2.39. The Balaban J connectivity index is 1.26. The molecule has 35 heavy (non-hydrogen) atoms. The average molecular weight is 475 g/mol. The fraction of sp³-hybridized carbons (Fsp3) is 0.552. The number of likely N-dealkylation sites (tertiary alicyclic amines) is 1. The molecule has 5 rings (SSSR count). The van der Waals surface area contributed by atoms with Crippen molar-refractivity contribution in [1.82, 2.24) is 19.7 Å². The van der Waals surface area contributed by atoms with Crippen molar-refractivity contribution >= 4 is 11.9 Å². The molecule has 3 heterocycles. The van der Waals surface area contributed by atoms with Gasteiger partial charge in [-0.3, -0.25) is 19.6 Å². The fourth-order valence-electron chi connectivity index (χ4n) is 6.32. The van der Waals surface area contributed by atoms with E-state index in [0.717, 1.165) is 57.2 Å². The molecule has 1 aromatic carbocycles. The molecule has 0 bridgehead atoms. The third-order valence-corrected chi connectivity index (χ3v) is 8.20. The van der Waals surface area contributed by atoms with Crippen LogP contribution in [0.1, 0.15) is 56.2 Å². The number of hydrogen-bond acceptors (Lipinski definition) is 4. The Labute approximate surface area is 209 Å². The predicted octanol–water partition coefficient (Wildman–Crippen LogP) is 4.33. The summed E-state index contributed by atoms with van der Waals surface area (Å²) in [5.41, 5.74) is 3.43. The van der Waals surface area contributed by atoms with Crippen molar-refractivity contribution in [2.75, 3.05) is 26.2 Å². The fourth-order valence-corrected chi connectivity index (χ4v) is 6.32. The maximum absolute atomic E-state index is 13.8. The molecule has 1 atom stereocenters. The summed E-state index contributed by atoms with van der Waals surface area (Å²) in [5, 5.41) is 0. The molecule has 6 nitrogen and oxygen atoms in total. The zero-order chi connectivity index (χ0) is 24.4. The number of piperidine rings is 1. The number of nitrogens with zero attached hydrogens (tertiary/aromatic N) is 4. The number of amides is 3. The summed E-state index contributed by atoms with van der Waals surface area (Å²) in [4.78, 5) is 37.5. The number of aromatic nitrogens is 1. The summed E-state index contributed by atoms with van der Waals surface area (Å²) in [7, 11) is 0. The number of rotatable bonds is 7. The molecule has 3 amide bonds. The van der Waals surface area contributed by atoms with Crippen LogP contribution in [0, 0.1) is 5.92 Å². The van der Waals surface area contributed by atoms with E-state index < -0.39 is 5.54 Å². The van der Waals surface area contributed by atoms with E-state index in [1.165, 1.54) is 17.5 Å². The topological polar surface area (TPSA) is 56.8 Å². The normalized spacial score (nSPS) is 22.3. The molecule has 1 aromatic heterocycles. The Kier molecular flexibility index (Phi) is 6.92. The number of urea groups is 1. The number of hydrogen-bond donors (Lipinski definition) is 0. The van der Waals surface area contributed by atoms with Gasteiger partial charge >= 0.3 is 6.03 Å². The van der Waals surface area contributed by atoms with Gasteiger partial charge in [0.25, 0.3) is 5.91 Å². The van der Waals surface area contributed by atoms with Crippen molar-refractivity contribution < 1.29 is 9.59 Å². The van der Waals surface area contributed by atoms with Gasteiger partial charge in [-0.05, 0) is 73.6 Å². The minimum atomic E-state index is -0.668. The largest absolute Gasteiger partial charge is 0.327 e. The van der Waals surface area contributed by atoms with Gasteiger partial charge in [-0.15, -0.1) is 0 Å². The van der Waals surface area contributed by atoms with Crippen LogP contribution in [0.5, 0.6) is 0 Å². The minimum Gasteiger partial charge on any atom is -0.309 e. The standard InChI is InChI=1S/C29H38N4O2/c1-22(2)21-33-28(35)32(16-6-8-23-7-5-15-30-20-23)27(34)29(33)13-17-31(18-14-29)26-12-11-24-9-3-4-10-25(24)19-26/h3-5,7,9-10,15,20,22,26H,6,8,11-14,16-19,21H2,1-2H3/t26-/m0/s1. The lowest BCUT2D eigenvalue weighted by Crippen LogP contribution is -2.59. The van der Waals surface area contributed by atoms with Gasteiger partial charge in [-0.25, -0.2) is 4.79 Å². The summed E-state index contributed by atoms with van der Waals surface area (Å²) in [6.07, 6.45) is 10.1. The Morgan fingerprint density at radius 2 is 1.83 bits per heavy atom. The lowest BCUT2D eigenvalue weighted by Gasteiger charge is -2.46. The second kappa shape index (κ2) is 10.1. The molecule has 0 saturated carbocycles. The van der Waals surface area contributed by atoms with Crippen LogP contribution in [-0.4, -0.2) is 69.4 Å². The molecule has 1 spiro atoms. The van der Waals surface area contributed by atoms with E-state index in [-0.39, 0.29) is 11.9 Å². The van der Waals surface area contributed by atoms with Crippen molar-refractivity contribution in [3.05, 3.63) is 65.5 Å². The van der Waals surface area contributed by atoms with Gasteiger partial charge in [-0.1, -0.05) is 44.2 Å². The Bertz CT molecular complexity index is 1050. The zero-order valence-corrected chi connectivity index (χ0v) is 21.2. The maximum atomic E-state index is 13.8. The number of carbonyl (C=O) groups is 2. The van der Waals surface area contributed by atoms with Crippen LogP contribution < -0.4 is 0 Å². The highest BCUT2D eigenvalue weighted by Gasteiger charge is 2.57. The monoisotopic (exact) mass is 474 g/mol. The van der Waals surface area contributed by atoms with Gasteiger partial charge in [0.15, 0.2) is 0 Å². The van der Waals surface area contributed by atoms with Crippen LogP contribution >= 0.6 is 0 Å². The first-order valence-corrected chi connectivity index (χ1v) is 13.3. The second-order valence-electron chi connectivity index (χ2n) is 10.9. The van der Waals surface area contributed by atoms with Crippen molar-refractivity contribution in [3.8, 4) is 0 Å². The quantitative estimate of drug-likeness (QED) is 0.561. The smallest absolute Gasteiger partial charge is 0.309 e. The molecule has 3 aliphatic rings. The van der Waals surface area contributed by atoms with E-state index in [4.69, 9.17) is 0 Å². The van der Waals surface area contributed by atoms with Crippen LogP contribution in [0.2, 0.25) is 0 Å². The molecular formula is C29H38N4O2. The highest BCUT2D eigenvalue weighted by molar-refractivity contribution is 6.07. The molecule has 0 N–H and O–H groups in total. The van der Waals surface area contributed by atoms with E-state index in [0.29, 0.717) is 25.0 Å². The number of pyridine rings is 1. The van der Waals surface area contributed by atoms with Crippen LogP contribution in [-0.2, 0) is 24.1 Å². The minimum absolute atomic E-state index is 0.0305. The lowest BCUT2D eigenvalue weighted by atomic mass is 9.82. The number of carbonyl (C=O) groups excluding carboxylic acids is 2. The Morgan fingerprint density at radius 1 is 1.06 bits per heavy atom. The van der Waals surface area contributed by atoms with Gasteiger partial charge in [0.05, 0.1) is 0 Å². The van der Waals surface area contributed by atoms with Crippen LogP contribution in [0.4, 0.5) is 4.79 Å². The van der Waals surface area contributed by atoms with Crippen LogP contribution in [0.25, 0.3) is 0 Å². The molecule has 2 saturated heterocycles. The SMILES string of the molecule is CC(C)CN1C(=O)N(CCCc2cccnc2)C(=O)C12CCN([C@H]1CCc3ccccc3C1)CC2. The molecular weight excluding hydrogens is 436 g/mol. The van der Waals surface area contributed by atoms with Crippen LogP contribution in [0.3, 0.4) is 0 Å². The molecule has 0 radical (unpaired) electrons. The predicted molar refractivity (Wildman–Crippen MR) is 137 cm³/mol. The van der Waals surface area contributed by atoms with E-state index >= 15 is 0 Å². The van der Waals surface area contributed by atoms with Gasteiger partial charge < -0.3 is 4.90 Å². The maximum Gasteiger partial charge on any atom is 0.327 e. The van der Waals surface area contributed by atoms with Gasteiger partial charge in [0.1, 0.15) is 5.54 Å². The summed E-state index contributed by atoms with van der Waals surface area (Å²) < 4.78 is 0. The third-order valence-electron chi connectivity index (χ3n) is 8.20. The van der Waals surface area contributed by atoms with Crippen molar-refractivity contribution in [2.24, 2.45) is 5.92 Å². The van der Waals surface area contributed by atoms with Gasteiger partial charge in [0, 0.05) is 44.6 Å². The molecule has 2 fully saturated rings. The third kappa shape index (κ3) is 4.73. The second-order valence-corrected chi connectivity index (χ2v) is 10.9. The van der Waals surface area contributed by atoms with E-state index in [1.54, 1.807) is 11.1 Å². The molecule has 1 aliphatic carbocycles. The average Bonchev–Trinajstić information content (AvgIpc) is 3.06. The first-order chi connectivity index (χ1) is 17.0. The Hall–Kier alpha value is -2.73. The van der Waals surface area contributed by atoms with E-state index in [9.17, 15) is 9.59 Å². The molecule has 186 valence electrons. The number of benzene rings is 1. The van der Waals surface area contributed by atoms with Crippen molar-refractivity contribution in [1.29, 1.82) is 0 Å².